The van der Waals surface area contributed by atoms with Crippen LogP contribution < -0.4 is 4.90 Å². The van der Waals surface area contributed by atoms with Crippen LogP contribution in [0, 0.1) is 0 Å². The minimum Gasteiger partial charge on any atom is -0.399 e. The molecule has 0 aliphatic heterocycles. The molecule has 0 spiro atoms. The molecule has 0 fully saturated rings. The number of oxime groups is 1. The van der Waals surface area contributed by atoms with E-state index in [9.17, 15) is 4.79 Å². The van der Waals surface area contributed by atoms with Crippen LogP contribution in [0.15, 0.2) is 35.9 Å². The Hall–Kier alpha value is -2.06. The third-order valence-corrected chi connectivity index (χ3v) is 3.39. The van der Waals surface area contributed by atoms with Crippen molar-refractivity contribution in [2.75, 3.05) is 24.8 Å². The molecule has 0 aliphatic rings. The van der Waals surface area contributed by atoms with Crippen LogP contribution in [0.2, 0.25) is 5.15 Å². The van der Waals surface area contributed by atoms with Crippen molar-refractivity contribution >= 4 is 41.5 Å². The van der Waals surface area contributed by atoms with Gasteiger partial charge in [0.2, 0.25) is 0 Å². The highest BCUT2D eigenvalue weighted by atomic mass is 35.5. The molecule has 2 rings (SSSR count). The van der Waals surface area contributed by atoms with Gasteiger partial charge in [0.1, 0.15) is 12.8 Å². The number of nitrogens with zero attached hydrogens (tertiary/aromatic N) is 5. The first-order valence-electron chi connectivity index (χ1n) is 6.23. The maximum Gasteiger partial charge on any atom is 0.276 e. The van der Waals surface area contributed by atoms with E-state index in [0.717, 1.165) is 5.69 Å². The summed E-state index contributed by atoms with van der Waals surface area (Å²) in [7, 11) is 2.94. The van der Waals surface area contributed by atoms with E-state index in [1.807, 2.05) is 6.07 Å². The number of carbonyl (C=O) groups excluding carboxylic acids is 1. The molecule has 2 aromatic rings. The van der Waals surface area contributed by atoms with E-state index in [-0.39, 0.29) is 22.5 Å². The van der Waals surface area contributed by atoms with Gasteiger partial charge in [-0.2, -0.15) is 17.7 Å². The fraction of sp³-hybridized carbons (Fsp3) is 0.231. The molecule has 9 heteroatoms. The monoisotopic (exact) mass is 339 g/mol. The Morgan fingerprint density at radius 2 is 2.36 bits per heavy atom. The van der Waals surface area contributed by atoms with Crippen molar-refractivity contribution in [2.24, 2.45) is 5.16 Å². The first kappa shape index (κ1) is 16.3. The van der Waals surface area contributed by atoms with Crippen LogP contribution >= 0.6 is 24.2 Å². The molecule has 0 atom stereocenters. The summed E-state index contributed by atoms with van der Waals surface area (Å²) in [6.45, 7) is 0. The molecule has 0 saturated heterocycles. The Kier molecular flexibility index (Phi) is 5.40. The number of carbonyl (C=O) groups is 1. The molecule has 22 heavy (non-hydrogen) atoms. The van der Waals surface area contributed by atoms with E-state index in [1.54, 1.807) is 36.4 Å². The van der Waals surface area contributed by atoms with Gasteiger partial charge in [-0.05, 0) is 12.1 Å². The first-order chi connectivity index (χ1) is 10.6. The standard InChI is InChI=1S/C13H14ClN5O2S/c1-18(13(20)10(8-22)17-21-2)11-7-19(16-12(11)14)9-4-3-5-15-6-9/h3-7,22H,8H2,1-2H3. The van der Waals surface area contributed by atoms with Gasteiger partial charge in [-0.25, -0.2) is 4.68 Å². The summed E-state index contributed by atoms with van der Waals surface area (Å²) in [6.07, 6.45) is 4.94. The van der Waals surface area contributed by atoms with Crippen molar-refractivity contribution < 1.29 is 9.63 Å². The summed E-state index contributed by atoms with van der Waals surface area (Å²) in [4.78, 5) is 22.3. The summed E-state index contributed by atoms with van der Waals surface area (Å²) < 4.78 is 1.54. The molecule has 0 saturated carbocycles. The number of aromatic nitrogens is 3. The van der Waals surface area contributed by atoms with Crippen molar-refractivity contribution in [3.63, 3.8) is 0 Å². The van der Waals surface area contributed by atoms with E-state index < -0.39 is 0 Å². The van der Waals surface area contributed by atoms with Gasteiger partial charge in [0.25, 0.3) is 5.91 Å². The van der Waals surface area contributed by atoms with Crippen molar-refractivity contribution in [3.05, 3.63) is 35.9 Å². The second-order valence-corrected chi connectivity index (χ2v) is 4.88. The summed E-state index contributed by atoms with van der Waals surface area (Å²) in [5.41, 5.74) is 1.34. The molecular formula is C13H14ClN5O2S. The summed E-state index contributed by atoms with van der Waals surface area (Å²) in [6, 6.07) is 3.61. The zero-order valence-corrected chi connectivity index (χ0v) is 13.6. The molecule has 0 bridgehead atoms. The van der Waals surface area contributed by atoms with Crippen LogP contribution in [-0.2, 0) is 9.63 Å². The SMILES string of the molecule is CON=C(CS)C(=O)N(C)c1cn(-c2cccnc2)nc1Cl. The third kappa shape index (κ3) is 3.40. The number of rotatable bonds is 5. The van der Waals surface area contributed by atoms with Crippen LogP contribution in [0.4, 0.5) is 5.69 Å². The van der Waals surface area contributed by atoms with Crippen molar-refractivity contribution in [1.29, 1.82) is 0 Å². The van der Waals surface area contributed by atoms with Crippen LogP contribution in [0.3, 0.4) is 0 Å². The van der Waals surface area contributed by atoms with Gasteiger partial charge >= 0.3 is 0 Å². The Labute approximate surface area is 137 Å². The highest BCUT2D eigenvalue weighted by molar-refractivity contribution is 7.81. The Morgan fingerprint density at radius 3 is 2.95 bits per heavy atom. The number of anilines is 1. The normalized spacial score (nSPS) is 11.4. The fourth-order valence-electron chi connectivity index (χ4n) is 1.74. The number of amides is 1. The topological polar surface area (TPSA) is 72.6 Å². The molecular weight excluding hydrogens is 326 g/mol. The minimum absolute atomic E-state index is 0.144. The van der Waals surface area contributed by atoms with Gasteiger partial charge in [0, 0.05) is 19.0 Å². The van der Waals surface area contributed by atoms with E-state index in [2.05, 4.69) is 32.7 Å². The van der Waals surface area contributed by atoms with Crippen LogP contribution in [-0.4, -0.2) is 46.3 Å². The van der Waals surface area contributed by atoms with E-state index >= 15 is 0 Å². The highest BCUT2D eigenvalue weighted by Gasteiger charge is 2.22. The van der Waals surface area contributed by atoms with Gasteiger partial charge in [-0.1, -0.05) is 16.8 Å². The van der Waals surface area contributed by atoms with E-state index in [4.69, 9.17) is 11.6 Å². The zero-order chi connectivity index (χ0) is 16.1. The maximum absolute atomic E-state index is 12.3. The summed E-state index contributed by atoms with van der Waals surface area (Å²) in [5, 5.41) is 8.02. The lowest BCUT2D eigenvalue weighted by atomic mass is 10.3. The highest BCUT2D eigenvalue weighted by Crippen LogP contribution is 2.25. The summed E-state index contributed by atoms with van der Waals surface area (Å²) in [5.74, 6) is -0.227. The predicted octanol–water partition coefficient (Wildman–Crippen LogP) is 1.82. The van der Waals surface area contributed by atoms with Crippen molar-refractivity contribution in [3.8, 4) is 5.69 Å². The lowest BCUT2D eigenvalue weighted by Crippen LogP contribution is -2.34. The molecule has 0 radical (unpaired) electrons. The van der Waals surface area contributed by atoms with E-state index in [0.29, 0.717) is 5.69 Å². The molecule has 7 nitrogen and oxygen atoms in total. The predicted molar refractivity (Wildman–Crippen MR) is 88.1 cm³/mol. The molecule has 0 aromatic carbocycles. The Bertz CT molecular complexity index is 689. The van der Waals surface area contributed by atoms with Crippen LogP contribution in [0.1, 0.15) is 0 Å². The lowest BCUT2D eigenvalue weighted by molar-refractivity contribution is -0.112. The van der Waals surface area contributed by atoms with Gasteiger partial charge in [0.05, 0.1) is 18.1 Å². The molecule has 2 heterocycles. The molecule has 116 valence electrons. The van der Waals surface area contributed by atoms with Crippen molar-refractivity contribution in [1.82, 2.24) is 14.8 Å². The first-order valence-corrected chi connectivity index (χ1v) is 7.24. The number of hydrogen-bond donors (Lipinski definition) is 1. The quantitative estimate of drug-likeness (QED) is 0.512. The number of hydrogen-bond acceptors (Lipinski definition) is 6. The lowest BCUT2D eigenvalue weighted by Gasteiger charge is -2.15. The number of halogens is 1. The summed E-state index contributed by atoms with van der Waals surface area (Å²) >= 11 is 10.2. The Balaban J connectivity index is 2.31. The number of pyridine rings is 1. The zero-order valence-electron chi connectivity index (χ0n) is 12.0. The number of thiol groups is 1. The average Bonchev–Trinajstić information content (AvgIpc) is 2.94. The minimum atomic E-state index is -0.371. The molecule has 1 amide bonds. The van der Waals surface area contributed by atoms with Crippen molar-refractivity contribution in [2.45, 2.75) is 0 Å². The molecule has 0 unspecified atom stereocenters. The largest absolute Gasteiger partial charge is 0.399 e. The smallest absolute Gasteiger partial charge is 0.276 e. The molecule has 2 aromatic heterocycles. The molecule has 0 aliphatic carbocycles. The van der Waals surface area contributed by atoms with Crippen LogP contribution in [0.5, 0.6) is 0 Å². The Morgan fingerprint density at radius 1 is 1.59 bits per heavy atom. The third-order valence-electron chi connectivity index (χ3n) is 2.83. The van der Waals surface area contributed by atoms with Crippen LogP contribution in [0.25, 0.3) is 5.69 Å². The van der Waals surface area contributed by atoms with E-state index in [1.165, 1.54) is 12.0 Å². The second-order valence-electron chi connectivity index (χ2n) is 4.20. The maximum atomic E-state index is 12.3. The van der Waals surface area contributed by atoms with Gasteiger partial charge in [0.15, 0.2) is 10.9 Å². The van der Waals surface area contributed by atoms with Gasteiger partial charge < -0.3 is 9.74 Å². The fourth-order valence-corrected chi connectivity index (χ4v) is 2.19. The van der Waals surface area contributed by atoms with Gasteiger partial charge in [-0.3, -0.25) is 9.78 Å². The average molecular weight is 340 g/mol. The van der Waals surface area contributed by atoms with Gasteiger partial charge in [-0.15, -0.1) is 0 Å². The molecule has 0 N–H and O–H groups in total. The second kappa shape index (κ2) is 7.28.